The van der Waals surface area contributed by atoms with Crippen molar-refractivity contribution in [1.82, 2.24) is 0 Å². The molecule has 1 aromatic rings. The molecule has 0 aliphatic heterocycles. The van der Waals surface area contributed by atoms with Crippen molar-refractivity contribution in [3.8, 4) is 0 Å². The van der Waals surface area contributed by atoms with E-state index in [-0.39, 0.29) is 5.75 Å². The van der Waals surface area contributed by atoms with Crippen molar-refractivity contribution in [3.05, 3.63) is 35.4 Å². The van der Waals surface area contributed by atoms with Crippen molar-refractivity contribution in [2.75, 3.05) is 12.4 Å². The van der Waals surface area contributed by atoms with Gasteiger partial charge in [0.2, 0.25) is 0 Å². The molecule has 0 bridgehead atoms. The first kappa shape index (κ1) is 13.5. The molecule has 2 atom stereocenters. The van der Waals surface area contributed by atoms with E-state index in [1.54, 1.807) is 0 Å². The SMILES string of the molecule is O=S(=O)(C[C@H](O)CO)[C@@H]1CCCc2ccccc21. The molecular formula is C13H18O4S. The first-order valence-electron chi connectivity index (χ1n) is 6.13. The second-order valence-corrected chi connectivity index (χ2v) is 6.97. The summed E-state index contributed by atoms with van der Waals surface area (Å²) in [5.74, 6) is -0.373. The topological polar surface area (TPSA) is 74.6 Å². The zero-order valence-corrected chi connectivity index (χ0v) is 10.9. The minimum absolute atomic E-state index is 0.373. The molecule has 0 saturated carbocycles. The maximum Gasteiger partial charge on any atom is 0.159 e. The number of aliphatic hydroxyl groups excluding tert-OH is 2. The molecule has 0 spiro atoms. The van der Waals surface area contributed by atoms with Crippen molar-refractivity contribution in [2.45, 2.75) is 30.6 Å². The maximum absolute atomic E-state index is 12.2. The lowest BCUT2D eigenvalue weighted by molar-refractivity contribution is 0.112. The summed E-state index contributed by atoms with van der Waals surface area (Å²) in [7, 11) is -3.42. The smallest absolute Gasteiger partial charge is 0.159 e. The van der Waals surface area contributed by atoms with Crippen molar-refractivity contribution in [2.24, 2.45) is 0 Å². The number of benzene rings is 1. The Morgan fingerprint density at radius 1 is 1.33 bits per heavy atom. The van der Waals surface area contributed by atoms with Crippen LogP contribution in [-0.4, -0.2) is 37.1 Å². The van der Waals surface area contributed by atoms with E-state index in [0.29, 0.717) is 6.42 Å². The van der Waals surface area contributed by atoms with E-state index in [4.69, 9.17) is 5.11 Å². The normalized spacial score (nSPS) is 21.3. The van der Waals surface area contributed by atoms with E-state index >= 15 is 0 Å². The minimum Gasteiger partial charge on any atom is -0.394 e. The third-order valence-electron chi connectivity index (χ3n) is 3.38. The molecule has 18 heavy (non-hydrogen) atoms. The molecule has 2 rings (SSSR count). The highest BCUT2D eigenvalue weighted by Gasteiger charge is 2.32. The molecule has 1 aliphatic carbocycles. The van der Waals surface area contributed by atoms with Gasteiger partial charge in [-0.05, 0) is 30.4 Å². The number of rotatable bonds is 4. The highest BCUT2D eigenvalue weighted by Crippen LogP contribution is 2.35. The van der Waals surface area contributed by atoms with Gasteiger partial charge in [-0.15, -0.1) is 0 Å². The molecule has 2 N–H and O–H groups in total. The fourth-order valence-electron chi connectivity index (χ4n) is 2.52. The second-order valence-electron chi connectivity index (χ2n) is 4.75. The lowest BCUT2D eigenvalue weighted by Gasteiger charge is -2.26. The molecule has 1 aromatic carbocycles. The highest BCUT2D eigenvalue weighted by molar-refractivity contribution is 7.91. The van der Waals surface area contributed by atoms with E-state index in [1.165, 1.54) is 0 Å². The second kappa shape index (κ2) is 5.38. The van der Waals surface area contributed by atoms with Gasteiger partial charge in [0.15, 0.2) is 9.84 Å². The average molecular weight is 270 g/mol. The van der Waals surface area contributed by atoms with Crippen LogP contribution < -0.4 is 0 Å². The fraction of sp³-hybridized carbons (Fsp3) is 0.538. The van der Waals surface area contributed by atoms with Gasteiger partial charge in [0.25, 0.3) is 0 Å². The van der Waals surface area contributed by atoms with Crippen LogP contribution in [0.15, 0.2) is 24.3 Å². The van der Waals surface area contributed by atoms with Crippen LogP contribution in [0.5, 0.6) is 0 Å². The Balaban J connectivity index is 2.30. The summed E-state index contributed by atoms with van der Waals surface area (Å²) >= 11 is 0. The molecule has 0 radical (unpaired) electrons. The summed E-state index contributed by atoms with van der Waals surface area (Å²) in [5, 5.41) is 17.6. The van der Waals surface area contributed by atoms with Crippen LogP contribution in [0.1, 0.15) is 29.2 Å². The quantitative estimate of drug-likeness (QED) is 0.850. The lowest BCUT2D eigenvalue weighted by atomic mass is 9.91. The first-order valence-corrected chi connectivity index (χ1v) is 7.84. The Kier molecular flexibility index (Phi) is 4.04. The number of aliphatic hydroxyl groups is 2. The third-order valence-corrected chi connectivity index (χ3v) is 5.59. The molecule has 0 fully saturated rings. The van der Waals surface area contributed by atoms with Crippen molar-refractivity contribution >= 4 is 9.84 Å². The standard InChI is InChI=1S/C13H18O4S/c14-8-11(15)9-18(16,17)13-7-3-5-10-4-1-2-6-12(10)13/h1-2,4,6,11,13-15H,3,5,7-9H2/t11-,13-/m1/s1. The van der Waals surface area contributed by atoms with Gasteiger partial charge in [-0.2, -0.15) is 0 Å². The van der Waals surface area contributed by atoms with Crippen LogP contribution in [0.25, 0.3) is 0 Å². The Labute approximate surface area is 107 Å². The highest BCUT2D eigenvalue weighted by atomic mass is 32.2. The molecule has 5 heteroatoms. The van der Waals surface area contributed by atoms with Crippen molar-refractivity contribution in [3.63, 3.8) is 0 Å². The van der Waals surface area contributed by atoms with Gasteiger partial charge < -0.3 is 10.2 Å². The number of aryl methyl sites for hydroxylation is 1. The van der Waals surface area contributed by atoms with E-state index in [0.717, 1.165) is 24.0 Å². The Bertz CT molecular complexity index is 509. The zero-order valence-electron chi connectivity index (χ0n) is 10.1. The van der Waals surface area contributed by atoms with Crippen LogP contribution in [0.3, 0.4) is 0 Å². The zero-order chi connectivity index (χ0) is 13.2. The number of sulfone groups is 1. The van der Waals surface area contributed by atoms with Gasteiger partial charge in [-0.3, -0.25) is 0 Å². The van der Waals surface area contributed by atoms with Crippen molar-refractivity contribution < 1.29 is 18.6 Å². The largest absolute Gasteiger partial charge is 0.394 e. The average Bonchev–Trinajstić information content (AvgIpc) is 2.37. The minimum atomic E-state index is -3.42. The molecule has 0 unspecified atom stereocenters. The lowest BCUT2D eigenvalue weighted by Crippen LogP contribution is -2.29. The summed E-state index contributed by atoms with van der Waals surface area (Å²) in [6.45, 7) is -0.520. The van der Waals surface area contributed by atoms with Crippen LogP contribution in [0.4, 0.5) is 0 Å². The van der Waals surface area contributed by atoms with Gasteiger partial charge in [-0.25, -0.2) is 8.42 Å². The summed E-state index contributed by atoms with van der Waals surface area (Å²) < 4.78 is 24.5. The number of fused-ring (bicyclic) bond motifs is 1. The number of hydrogen-bond donors (Lipinski definition) is 2. The van der Waals surface area contributed by atoms with Gasteiger partial charge in [-0.1, -0.05) is 24.3 Å². The first-order chi connectivity index (χ1) is 8.54. The van der Waals surface area contributed by atoms with Crippen molar-refractivity contribution in [1.29, 1.82) is 0 Å². The van der Waals surface area contributed by atoms with Crippen LogP contribution in [-0.2, 0) is 16.3 Å². The molecular weight excluding hydrogens is 252 g/mol. The molecule has 1 aliphatic rings. The molecule has 0 aromatic heterocycles. The monoisotopic (exact) mass is 270 g/mol. The summed E-state index contributed by atoms with van der Waals surface area (Å²) in [5.41, 5.74) is 1.93. The Morgan fingerprint density at radius 3 is 2.78 bits per heavy atom. The predicted octanol–water partition coefficient (Wildman–Crippen LogP) is 0.832. The van der Waals surface area contributed by atoms with E-state index < -0.39 is 27.8 Å². The van der Waals surface area contributed by atoms with E-state index in [2.05, 4.69) is 0 Å². The molecule has 0 heterocycles. The molecule has 4 nitrogen and oxygen atoms in total. The summed E-state index contributed by atoms with van der Waals surface area (Å²) in [6.07, 6.45) is 1.15. The fourth-order valence-corrected chi connectivity index (χ4v) is 4.54. The summed E-state index contributed by atoms with van der Waals surface area (Å²) in [4.78, 5) is 0. The van der Waals surface area contributed by atoms with Gasteiger partial charge >= 0.3 is 0 Å². The Morgan fingerprint density at radius 2 is 2.06 bits per heavy atom. The van der Waals surface area contributed by atoms with Gasteiger partial charge in [0.05, 0.1) is 23.7 Å². The van der Waals surface area contributed by atoms with Crippen LogP contribution >= 0.6 is 0 Å². The predicted molar refractivity (Wildman–Crippen MR) is 69.0 cm³/mol. The van der Waals surface area contributed by atoms with E-state index in [1.807, 2.05) is 24.3 Å². The molecule has 100 valence electrons. The summed E-state index contributed by atoms with van der Waals surface area (Å²) in [6, 6.07) is 7.56. The Hall–Kier alpha value is -0.910. The maximum atomic E-state index is 12.2. The van der Waals surface area contributed by atoms with E-state index in [9.17, 15) is 13.5 Å². The molecule has 0 amide bonds. The van der Waals surface area contributed by atoms with Gasteiger partial charge in [0.1, 0.15) is 0 Å². The van der Waals surface area contributed by atoms with Gasteiger partial charge in [0, 0.05) is 0 Å². The molecule has 0 saturated heterocycles. The number of hydrogen-bond acceptors (Lipinski definition) is 4. The van der Waals surface area contributed by atoms with Crippen LogP contribution in [0.2, 0.25) is 0 Å². The van der Waals surface area contributed by atoms with Crippen LogP contribution in [0, 0.1) is 0 Å². The third kappa shape index (κ3) is 2.74.